The SMILES string of the molecule is Cc1cc(S(=O)(=O)n2c(C)c(CC(=O)O)c3cccnc32)ccc1C#N. The molecule has 0 spiro atoms. The molecule has 0 unspecified atom stereocenters. The minimum Gasteiger partial charge on any atom is -0.481 e. The van der Waals surface area contributed by atoms with Crippen molar-refractivity contribution in [2.75, 3.05) is 0 Å². The van der Waals surface area contributed by atoms with Crippen molar-refractivity contribution in [3.8, 4) is 6.07 Å². The smallest absolute Gasteiger partial charge is 0.307 e. The molecule has 0 bridgehead atoms. The van der Waals surface area contributed by atoms with Crippen LogP contribution in [-0.2, 0) is 21.2 Å². The molecule has 0 fully saturated rings. The van der Waals surface area contributed by atoms with Crippen molar-refractivity contribution in [1.82, 2.24) is 8.96 Å². The monoisotopic (exact) mass is 369 g/mol. The molecule has 1 N–H and O–H groups in total. The number of fused-ring (bicyclic) bond motifs is 1. The summed E-state index contributed by atoms with van der Waals surface area (Å²) in [5.74, 6) is -1.05. The first-order valence-electron chi connectivity index (χ1n) is 7.70. The van der Waals surface area contributed by atoms with E-state index in [-0.39, 0.29) is 17.0 Å². The number of carbonyl (C=O) groups is 1. The molecule has 132 valence electrons. The van der Waals surface area contributed by atoms with Gasteiger partial charge in [-0.15, -0.1) is 0 Å². The van der Waals surface area contributed by atoms with Gasteiger partial charge in [-0.3, -0.25) is 4.79 Å². The molecule has 0 atom stereocenters. The fourth-order valence-corrected chi connectivity index (χ4v) is 4.59. The third-order valence-corrected chi connectivity index (χ3v) is 6.01. The quantitative estimate of drug-likeness (QED) is 0.755. The van der Waals surface area contributed by atoms with E-state index in [1.807, 2.05) is 6.07 Å². The van der Waals surface area contributed by atoms with Gasteiger partial charge in [-0.25, -0.2) is 17.4 Å². The number of rotatable bonds is 4. The minimum absolute atomic E-state index is 0.0153. The summed E-state index contributed by atoms with van der Waals surface area (Å²) in [6.07, 6.45) is 1.16. The molecule has 8 heteroatoms. The van der Waals surface area contributed by atoms with Gasteiger partial charge in [0, 0.05) is 17.3 Å². The maximum atomic E-state index is 13.2. The maximum Gasteiger partial charge on any atom is 0.307 e. The molecule has 2 heterocycles. The summed E-state index contributed by atoms with van der Waals surface area (Å²) in [5.41, 5.74) is 1.84. The summed E-state index contributed by atoms with van der Waals surface area (Å²) < 4.78 is 27.5. The lowest BCUT2D eigenvalue weighted by molar-refractivity contribution is -0.136. The van der Waals surface area contributed by atoms with Crippen molar-refractivity contribution >= 4 is 27.0 Å². The number of carboxylic acid groups (broad SMARTS) is 1. The number of aromatic nitrogens is 2. The van der Waals surface area contributed by atoms with Crippen molar-refractivity contribution in [2.24, 2.45) is 0 Å². The van der Waals surface area contributed by atoms with E-state index in [2.05, 4.69) is 4.98 Å². The highest BCUT2D eigenvalue weighted by Crippen LogP contribution is 2.29. The van der Waals surface area contributed by atoms with Gasteiger partial charge < -0.3 is 5.11 Å². The molecule has 0 aliphatic heterocycles. The number of hydrogen-bond donors (Lipinski definition) is 1. The highest BCUT2D eigenvalue weighted by molar-refractivity contribution is 7.90. The van der Waals surface area contributed by atoms with E-state index in [0.29, 0.717) is 27.8 Å². The summed E-state index contributed by atoms with van der Waals surface area (Å²) >= 11 is 0. The molecule has 0 aliphatic rings. The van der Waals surface area contributed by atoms with Crippen LogP contribution in [0.25, 0.3) is 11.0 Å². The Bertz CT molecular complexity index is 1190. The summed E-state index contributed by atoms with van der Waals surface area (Å²) in [6, 6.07) is 9.54. The van der Waals surface area contributed by atoms with Gasteiger partial charge in [0.05, 0.1) is 22.9 Å². The van der Waals surface area contributed by atoms with Gasteiger partial charge in [-0.1, -0.05) is 0 Å². The molecule has 1 aromatic carbocycles. The van der Waals surface area contributed by atoms with Gasteiger partial charge in [0.1, 0.15) is 0 Å². The normalized spacial score (nSPS) is 11.4. The van der Waals surface area contributed by atoms with Crippen LogP contribution in [0.1, 0.15) is 22.4 Å². The van der Waals surface area contributed by atoms with E-state index < -0.39 is 16.0 Å². The first-order chi connectivity index (χ1) is 12.3. The van der Waals surface area contributed by atoms with Crippen molar-refractivity contribution in [3.63, 3.8) is 0 Å². The fourth-order valence-electron chi connectivity index (χ4n) is 2.97. The first kappa shape index (κ1) is 17.6. The molecule has 0 aliphatic carbocycles. The lowest BCUT2D eigenvalue weighted by Crippen LogP contribution is -2.16. The van der Waals surface area contributed by atoms with Gasteiger partial charge in [0.25, 0.3) is 10.0 Å². The Hall–Kier alpha value is -3.18. The molecule has 0 amide bonds. The third-order valence-electron chi connectivity index (χ3n) is 4.23. The zero-order valence-electron chi connectivity index (χ0n) is 14.1. The van der Waals surface area contributed by atoms with E-state index in [4.69, 9.17) is 10.4 Å². The van der Waals surface area contributed by atoms with Crippen molar-refractivity contribution < 1.29 is 18.3 Å². The molecular weight excluding hydrogens is 354 g/mol. The maximum absolute atomic E-state index is 13.2. The van der Waals surface area contributed by atoms with Crippen molar-refractivity contribution in [2.45, 2.75) is 25.2 Å². The molecule has 3 aromatic rings. The van der Waals surface area contributed by atoms with Crippen LogP contribution >= 0.6 is 0 Å². The van der Waals surface area contributed by atoms with Gasteiger partial charge in [0.2, 0.25) is 0 Å². The standard InChI is InChI=1S/C18H15N3O4S/c1-11-8-14(6-5-13(11)10-19)26(24,25)21-12(2)16(9-17(22)23)15-4-3-7-20-18(15)21/h3-8H,9H2,1-2H3,(H,22,23). The van der Waals surface area contributed by atoms with Gasteiger partial charge >= 0.3 is 5.97 Å². The zero-order chi connectivity index (χ0) is 19.1. The number of nitriles is 1. The Morgan fingerprint density at radius 3 is 2.65 bits per heavy atom. The van der Waals surface area contributed by atoms with Crippen molar-refractivity contribution in [1.29, 1.82) is 5.26 Å². The van der Waals surface area contributed by atoms with Crippen LogP contribution in [-0.4, -0.2) is 28.5 Å². The average molecular weight is 369 g/mol. The number of carboxylic acids is 1. The highest BCUT2D eigenvalue weighted by atomic mass is 32.2. The number of benzene rings is 1. The van der Waals surface area contributed by atoms with E-state index in [1.165, 1.54) is 24.4 Å². The number of hydrogen-bond acceptors (Lipinski definition) is 5. The Kier molecular flexibility index (Phi) is 4.26. The number of aliphatic carboxylic acids is 1. The second kappa shape index (κ2) is 6.28. The Morgan fingerprint density at radius 1 is 1.31 bits per heavy atom. The number of aryl methyl sites for hydroxylation is 1. The second-order valence-corrected chi connectivity index (χ2v) is 7.65. The summed E-state index contributed by atoms with van der Waals surface area (Å²) in [5, 5.41) is 18.7. The second-order valence-electron chi connectivity index (χ2n) is 5.87. The van der Waals surface area contributed by atoms with E-state index in [9.17, 15) is 13.2 Å². The van der Waals surface area contributed by atoms with E-state index >= 15 is 0 Å². The highest BCUT2D eigenvalue weighted by Gasteiger charge is 2.26. The summed E-state index contributed by atoms with van der Waals surface area (Å²) in [7, 11) is -4.01. The van der Waals surface area contributed by atoms with Crippen LogP contribution in [0.2, 0.25) is 0 Å². The largest absolute Gasteiger partial charge is 0.481 e. The summed E-state index contributed by atoms with van der Waals surface area (Å²) in [6.45, 7) is 3.22. The van der Waals surface area contributed by atoms with Crippen LogP contribution < -0.4 is 0 Å². The molecule has 3 rings (SSSR count). The third kappa shape index (κ3) is 2.72. The Balaban J connectivity index is 2.31. The predicted molar refractivity (Wildman–Crippen MR) is 94.3 cm³/mol. The van der Waals surface area contributed by atoms with Crippen LogP contribution in [0.3, 0.4) is 0 Å². The lowest BCUT2D eigenvalue weighted by Gasteiger charge is -2.11. The molecule has 2 aromatic heterocycles. The van der Waals surface area contributed by atoms with Gasteiger partial charge in [0.15, 0.2) is 5.65 Å². The van der Waals surface area contributed by atoms with Crippen LogP contribution in [0, 0.1) is 25.2 Å². The Labute approximate surface area is 150 Å². The van der Waals surface area contributed by atoms with E-state index in [0.717, 1.165) is 3.97 Å². The van der Waals surface area contributed by atoms with Gasteiger partial charge in [-0.2, -0.15) is 5.26 Å². The van der Waals surface area contributed by atoms with Crippen molar-refractivity contribution in [3.05, 3.63) is 58.9 Å². The molecule has 0 radical (unpaired) electrons. The van der Waals surface area contributed by atoms with E-state index in [1.54, 1.807) is 26.0 Å². The first-order valence-corrected chi connectivity index (χ1v) is 9.14. The van der Waals surface area contributed by atoms with Crippen LogP contribution in [0.4, 0.5) is 0 Å². The molecule has 26 heavy (non-hydrogen) atoms. The topological polar surface area (TPSA) is 113 Å². The lowest BCUT2D eigenvalue weighted by atomic mass is 10.1. The Morgan fingerprint density at radius 2 is 2.04 bits per heavy atom. The average Bonchev–Trinajstić information content (AvgIpc) is 2.87. The molecule has 0 saturated heterocycles. The van der Waals surface area contributed by atoms with Crippen LogP contribution in [0.15, 0.2) is 41.4 Å². The molecule has 7 nitrogen and oxygen atoms in total. The predicted octanol–water partition coefficient (Wildman–Crippen LogP) is 2.39. The zero-order valence-corrected chi connectivity index (χ0v) is 14.9. The summed E-state index contributed by atoms with van der Waals surface area (Å²) in [4.78, 5) is 15.4. The van der Waals surface area contributed by atoms with Gasteiger partial charge in [-0.05, 0) is 55.3 Å². The van der Waals surface area contributed by atoms with Crippen LogP contribution in [0.5, 0.6) is 0 Å². The number of pyridine rings is 1. The fraction of sp³-hybridized carbons (Fsp3) is 0.167. The molecule has 0 saturated carbocycles. The molecular formula is C18H15N3O4S. The minimum atomic E-state index is -4.01. The number of nitrogens with zero attached hydrogens (tertiary/aromatic N) is 3.